The summed E-state index contributed by atoms with van der Waals surface area (Å²) in [6.07, 6.45) is -3.04. The number of nitrogens with zero attached hydrogens (tertiary/aromatic N) is 2. The Bertz CT molecular complexity index is 1130. The molecule has 6 nitrogen and oxygen atoms in total. The third kappa shape index (κ3) is 4.37. The number of hydrogen-bond acceptors (Lipinski definition) is 5. The van der Waals surface area contributed by atoms with Crippen molar-refractivity contribution in [3.05, 3.63) is 57.0 Å². The van der Waals surface area contributed by atoms with Gasteiger partial charge in [0.25, 0.3) is 5.91 Å². The Morgan fingerprint density at radius 1 is 1.29 bits per heavy atom. The van der Waals surface area contributed by atoms with Crippen LogP contribution in [0.3, 0.4) is 0 Å². The van der Waals surface area contributed by atoms with E-state index < -0.39 is 24.2 Å². The van der Waals surface area contributed by atoms with Crippen LogP contribution in [0.5, 0.6) is 0 Å². The molecule has 0 aliphatic carbocycles. The summed E-state index contributed by atoms with van der Waals surface area (Å²) in [7, 11) is 0. The number of alkyl halides is 3. The van der Waals surface area contributed by atoms with Crippen LogP contribution in [0.15, 0.2) is 54.9 Å². The third-order valence-electron chi connectivity index (χ3n) is 4.80. The highest BCUT2D eigenvalue weighted by Gasteiger charge is 2.48. The maximum absolute atomic E-state index is 13.9. The van der Waals surface area contributed by atoms with E-state index in [-0.39, 0.29) is 22.4 Å². The quantitative estimate of drug-likeness (QED) is 0.339. The van der Waals surface area contributed by atoms with Crippen LogP contribution in [0.2, 0.25) is 0 Å². The van der Waals surface area contributed by atoms with Crippen LogP contribution in [0, 0.1) is 0 Å². The number of rotatable bonds is 4. The highest BCUT2D eigenvalue weighted by Crippen LogP contribution is 2.46. The second-order valence-electron chi connectivity index (χ2n) is 6.74. The lowest BCUT2D eigenvalue weighted by Crippen LogP contribution is -2.35. The lowest BCUT2D eigenvalue weighted by atomic mass is 10.0. The van der Waals surface area contributed by atoms with Crippen molar-refractivity contribution in [3.63, 3.8) is 0 Å². The topological polar surface area (TPSA) is 72.1 Å². The number of carbonyl (C=O) groups excluding carboxylic acids is 1. The van der Waals surface area contributed by atoms with Gasteiger partial charge in [0, 0.05) is 11.3 Å². The van der Waals surface area contributed by atoms with E-state index in [0.717, 1.165) is 9.58 Å². The molecule has 2 N–H and O–H groups in total. The molecule has 2 atom stereocenters. The summed E-state index contributed by atoms with van der Waals surface area (Å²) in [4.78, 5) is 13.7. The normalized spacial score (nSPS) is 18.4. The Balaban J connectivity index is 1.70. The maximum Gasteiger partial charge on any atom is 0.410 e. The number of para-hydroxylation sites is 1. The Morgan fingerprint density at radius 2 is 2.03 bits per heavy atom. The zero-order valence-electron chi connectivity index (χ0n) is 15.8. The molecule has 0 bridgehead atoms. The molecule has 1 aromatic carbocycles. The number of carbonyl (C=O) groups is 1. The Hall–Kier alpha value is -1.92. The zero-order chi connectivity index (χ0) is 22.3. The average Bonchev–Trinajstić information content (AvgIpc) is 3.30. The summed E-state index contributed by atoms with van der Waals surface area (Å²) in [6.45, 7) is 0. The largest absolute Gasteiger partial charge is 0.452 e. The van der Waals surface area contributed by atoms with Crippen molar-refractivity contribution in [2.75, 3.05) is 16.9 Å². The highest BCUT2D eigenvalue weighted by atomic mass is 79.9. The minimum atomic E-state index is -4.57. The number of nitrogens with one attached hydrogen (secondary N) is 2. The number of halogens is 5. The van der Waals surface area contributed by atoms with Gasteiger partial charge >= 0.3 is 6.18 Å². The summed E-state index contributed by atoms with van der Waals surface area (Å²) in [5, 5.41) is 9.75. The molecule has 3 heterocycles. The number of hydrogen-bond donors (Lipinski definition) is 2. The first-order valence-electron chi connectivity index (χ1n) is 9.00. The van der Waals surface area contributed by atoms with Gasteiger partial charge in [-0.2, -0.15) is 18.3 Å². The molecule has 0 unspecified atom stereocenters. The maximum atomic E-state index is 13.9. The lowest BCUT2D eigenvalue weighted by Gasteiger charge is -2.32. The summed E-state index contributed by atoms with van der Waals surface area (Å²) in [6, 6.07) is 7.69. The number of amides is 1. The molecule has 0 saturated carbocycles. The van der Waals surface area contributed by atoms with Crippen LogP contribution >= 0.6 is 43.6 Å². The minimum absolute atomic E-state index is 0.0643. The van der Waals surface area contributed by atoms with Gasteiger partial charge in [0.1, 0.15) is 11.6 Å². The van der Waals surface area contributed by atoms with Gasteiger partial charge in [-0.1, -0.05) is 12.1 Å². The fraction of sp³-hybridized carbons (Fsp3) is 0.263. The predicted octanol–water partition coefficient (Wildman–Crippen LogP) is 6.64. The van der Waals surface area contributed by atoms with Crippen LogP contribution in [0.1, 0.15) is 34.8 Å². The molecule has 3 aromatic rings. The van der Waals surface area contributed by atoms with E-state index in [0.29, 0.717) is 16.1 Å². The van der Waals surface area contributed by atoms with E-state index >= 15 is 0 Å². The number of aromatic nitrogens is 2. The SMILES string of the molecule is CSc1ccccc1NC(=O)c1nn2c(c1Br)N[C@H](c1ccc(Br)o1)C[C@H]2C(F)(F)F. The van der Waals surface area contributed by atoms with Crippen LogP contribution in [-0.2, 0) is 0 Å². The molecule has 4 rings (SSSR count). The summed E-state index contributed by atoms with van der Waals surface area (Å²) < 4.78 is 48.4. The van der Waals surface area contributed by atoms with Gasteiger partial charge in [0.15, 0.2) is 16.4 Å². The number of anilines is 2. The molecular weight excluding hydrogens is 565 g/mol. The number of thioether (sulfide) groups is 1. The van der Waals surface area contributed by atoms with Crippen molar-refractivity contribution in [3.8, 4) is 0 Å². The molecule has 1 aliphatic rings. The first-order valence-corrected chi connectivity index (χ1v) is 11.8. The second kappa shape index (κ2) is 8.55. The van der Waals surface area contributed by atoms with Crippen molar-refractivity contribution >= 4 is 61.0 Å². The first-order chi connectivity index (χ1) is 14.7. The van der Waals surface area contributed by atoms with E-state index in [2.05, 4.69) is 47.6 Å². The van der Waals surface area contributed by atoms with Gasteiger partial charge in [-0.25, -0.2) is 4.68 Å². The Labute approximate surface area is 196 Å². The van der Waals surface area contributed by atoms with E-state index in [1.807, 2.05) is 18.4 Å². The van der Waals surface area contributed by atoms with Gasteiger partial charge in [0.2, 0.25) is 0 Å². The van der Waals surface area contributed by atoms with Crippen LogP contribution in [0.25, 0.3) is 0 Å². The molecule has 0 saturated heterocycles. The second-order valence-corrected chi connectivity index (χ2v) is 9.16. The van der Waals surface area contributed by atoms with Crippen LogP contribution < -0.4 is 10.6 Å². The molecule has 31 heavy (non-hydrogen) atoms. The molecule has 0 spiro atoms. The fourth-order valence-electron chi connectivity index (χ4n) is 3.37. The van der Waals surface area contributed by atoms with Crippen molar-refractivity contribution in [1.82, 2.24) is 9.78 Å². The molecule has 12 heteroatoms. The van der Waals surface area contributed by atoms with E-state index in [1.165, 1.54) is 11.8 Å². The molecule has 0 radical (unpaired) electrons. The highest BCUT2D eigenvalue weighted by molar-refractivity contribution is 9.10. The van der Waals surface area contributed by atoms with E-state index in [4.69, 9.17) is 4.42 Å². The molecule has 164 valence electrons. The smallest absolute Gasteiger partial charge is 0.410 e. The summed E-state index contributed by atoms with van der Waals surface area (Å²) >= 11 is 7.88. The third-order valence-corrected chi connectivity index (χ3v) is 6.78. The monoisotopic (exact) mass is 578 g/mol. The Kier molecular flexibility index (Phi) is 6.14. The Morgan fingerprint density at radius 3 is 2.68 bits per heavy atom. The number of benzene rings is 1. The molecule has 1 aliphatic heterocycles. The van der Waals surface area contributed by atoms with Gasteiger partial charge in [0.05, 0.1) is 16.2 Å². The summed E-state index contributed by atoms with van der Waals surface area (Å²) in [5.74, 6) is -0.204. The van der Waals surface area contributed by atoms with Crippen molar-refractivity contribution in [2.24, 2.45) is 0 Å². The molecular formula is C19H15Br2F3N4O2S. The van der Waals surface area contributed by atoms with Crippen molar-refractivity contribution in [2.45, 2.75) is 29.6 Å². The van der Waals surface area contributed by atoms with Gasteiger partial charge in [-0.3, -0.25) is 4.79 Å². The van der Waals surface area contributed by atoms with E-state index in [1.54, 1.807) is 24.3 Å². The number of furan rings is 1. The van der Waals surface area contributed by atoms with E-state index in [9.17, 15) is 18.0 Å². The predicted molar refractivity (Wildman–Crippen MR) is 119 cm³/mol. The minimum Gasteiger partial charge on any atom is -0.452 e. The average molecular weight is 580 g/mol. The number of fused-ring (bicyclic) bond motifs is 1. The van der Waals surface area contributed by atoms with Crippen molar-refractivity contribution in [1.29, 1.82) is 0 Å². The molecule has 0 fully saturated rings. The zero-order valence-corrected chi connectivity index (χ0v) is 19.8. The van der Waals surface area contributed by atoms with Crippen molar-refractivity contribution < 1.29 is 22.4 Å². The molecule has 2 aromatic heterocycles. The fourth-order valence-corrected chi connectivity index (χ4v) is 4.79. The van der Waals surface area contributed by atoms with Gasteiger partial charge in [-0.05, 0) is 62.4 Å². The first kappa shape index (κ1) is 22.3. The van der Waals surface area contributed by atoms with Crippen LogP contribution in [0.4, 0.5) is 24.7 Å². The molecule has 1 amide bonds. The van der Waals surface area contributed by atoms with Gasteiger partial charge < -0.3 is 15.1 Å². The van der Waals surface area contributed by atoms with Crippen LogP contribution in [-0.4, -0.2) is 28.1 Å². The standard InChI is InChI=1S/C19H15Br2F3N4O2S/c1-31-12-5-3-2-4-9(12)26-18(29)16-15(21)17-25-10(11-6-7-14(20)30-11)8-13(19(22,23)24)28(17)27-16/h2-7,10,13,25H,8H2,1H3,(H,26,29)/t10-,13-/m0/s1. The lowest BCUT2D eigenvalue weighted by molar-refractivity contribution is -0.174. The summed E-state index contributed by atoms with van der Waals surface area (Å²) in [5.41, 5.74) is 0.408. The van der Waals surface area contributed by atoms with Gasteiger partial charge in [-0.15, -0.1) is 11.8 Å².